The third-order valence-electron chi connectivity index (χ3n) is 3.38. The highest BCUT2D eigenvalue weighted by Crippen LogP contribution is 2.30. The van der Waals surface area contributed by atoms with Crippen LogP contribution < -0.4 is 4.90 Å². The summed E-state index contributed by atoms with van der Waals surface area (Å²) in [6.07, 6.45) is 4.67. The summed E-state index contributed by atoms with van der Waals surface area (Å²) < 4.78 is 0. The fourth-order valence-corrected chi connectivity index (χ4v) is 2.74. The Balaban J connectivity index is 2.32. The van der Waals surface area contributed by atoms with Crippen LogP contribution >= 0.6 is 11.6 Å². The molecule has 6 heteroatoms. The van der Waals surface area contributed by atoms with Gasteiger partial charge in [-0.1, -0.05) is 24.4 Å². The highest BCUT2D eigenvalue weighted by Gasteiger charge is 2.24. The molecule has 1 aliphatic carbocycles. The molecule has 0 saturated heterocycles. The van der Waals surface area contributed by atoms with Gasteiger partial charge in [0, 0.05) is 12.6 Å². The monoisotopic (exact) mass is 269 g/mol. The molecule has 5 nitrogen and oxygen atoms in total. The van der Waals surface area contributed by atoms with Crippen LogP contribution in [-0.2, 0) is 0 Å². The quantitative estimate of drug-likeness (QED) is 0.477. The van der Waals surface area contributed by atoms with E-state index in [4.69, 9.17) is 11.6 Å². The third kappa shape index (κ3) is 2.72. The molecule has 0 N–H and O–H groups in total. The van der Waals surface area contributed by atoms with Gasteiger partial charge in [-0.05, 0) is 19.8 Å². The molecule has 0 amide bonds. The predicted molar refractivity (Wildman–Crippen MR) is 71.2 cm³/mol. The van der Waals surface area contributed by atoms with E-state index in [1.807, 2.05) is 6.92 Å². The van der Waals surface area contributed by atoms with Gasteiger partial charge in [0.25, 0.3) is 5.69 Å². The molecule has 1 aliphatic rings. The van der Waals surface area contributed by atoms with Crippen LogP contribution in [0.1, 0.15) is 32.6 Å². The van der Waals surface area contributed by atoms with Crippen molar-refractivity contribution in [3.05, 3.63) is 27.4 Å². The fourth-order valence-electron chi connectivity index (χ4n) is 2.55. The molecule has 0 atom stereocenters. The van der Waals surface area contributed by atoms with Crippen molar-refractivity contribution in [2.24, 2.45) is 0 Å². The molecule has 0 unspecified atom stereocenters. The van der Waals surface area contributed by atoms with Gasteiger partial charge in [0.1, 0.15) is 11.0 Å². The van der Waals surface area contributed by atoms with Crippen molar-refractivity contribution in [2.75, 3.05) is 11.4 Å². The zero-order valence-corrected chi connectivity index (χ0v) is 11.1. The number of nitrogens with zero attached hydrogens (tertiary/aromatic N) is 3. The van der Waals surface area contributed by atoms with Crippen molar-refractivity contribution in [3.8, 4) is 0 Å². The molecule has 1 fully saturated rings. The van der Waals surface area contributed by atoms with Crippen LogP contribution in [-0.4, -0.2) is 22.5 Å². The van der Waals surface area contributed by atoms with E-state index in [1.165, 1.54) is 25.0 Å². The van der Waals surface area contributed by atoms with E-state index in [1.54, 1.807) is 0 Å². The minimum Gasteiger partial charge on any atom is -0.354 e. The van der Waals surface area contributed by atoms with Crippen molar-refractivity contribution < 1.29 is 4.92 Å². The maximum atomic E-state index is 10.8. The van der Waals surface area contributed by atoms with Crippen LogP contribution in [0.25, 0.3) is 0 Å². The Morgan fingerprint density at radius 2 is 2.17 bits per heavy atom. The molecule has 1 aromatic heterocycles. The summed E-state index contributed by atoms with van der Waals surface area (Å²) in [6.45, 7) is 2.82. The normalized spacial score (nSPS) is 15.9. The standard InChI is InChI=1S/C12H16ClN3O2/c1-2-15(9-5-3-4-6-9)12-8-10(16(17)18)7-11(13)14-12/h7-9H,2-6H2,1H3. The summed E-state index contributed by atoms with van der Waals surface area (Å²) in [6, 6.07) is 3.22. The Labute approximate surface area is 111 Å². The molecule has 0 radical (unpaired) electrons. The van der Waals surface area contributed by atoms with Gasteiger partial charge in [-0.3, -0.25) is 10.1 Å². The lowest BCUT2D eigenvalue weighted by atomic mass is 10.2. The van der Waals surface area contributed by atoms with Crippen LogP contribution in [0.3, 0.4) is 0 Å². The minimum absolute atomic E-state index is 0.00134. The average molecular weight is 270 g/mol. The van der Waals surface area contributed by atoms with Gasteiger partial charge >= 0.3 is 0 Å². The van der Waals surface area contributed by atoms with E-state index >= 15 is 0 Å². The molecular formula is C12H16ClN3O2. The van der Waals surface area contributed by atoms with Crippen LogP contribution in [0.15, 0.2) is 12.1 Å². The lowest BCUT2D eigenvalue weighted by Crippen LogP contribution is -2.33. The van der Waals surface area contributed by atoms with Gasteiger partial charge in [-0.2, -0.15) is 0 Å². The molecule has 0 bridgehead atoms. The predicted octanol–water partition coefficient (Wildman–Crippen LogP) is 3.41. The second kappa shape index (κ2) is 5.52. The smallest absolute Gasteiger partial charge is 0.276 e. The van der Waals surface area contributed by atoms with Crippen LogP contribution in [0, 0.1) is 10.1 Å². The molecule has 1 saturated carbocycles. The Hall–Kier alpha value is -1.36. The number of rotatable bonds is 4. The highest BCUT2D eigenvalue weighted by molar-refractivity contribution is 6.29. The first-order chi connectivity index (χ1) is 8.61. The molecular weight excluding hydrogens is 254 g/mol. The van der Waals surface area contributed by atoms with Crippen LogP contribution in [0.4, 0.5) is 11.5 Å². The Morgan fingerprint density at radius 3 is 2.72 bits per heavy atom. The van der Waals surface area contributed by atoms with Crippen molar-refractivity contribution >= 4 is 23.1 Å². The summed E-state index contributed by atoms with van der Waals surface area (Å²) in [4.78, 5) is 16.7. The second-order valence-corrected chi connectivity index (χ2v) is 4.87. The second-order valence-electron chi connectivity index (χ2n) is 4.49. The van der Waals surface area contributed by atoms with Gasteiger partial charge in [-0.15, -0.1) is 0 Å². The summed E-state index contributed by atoms with van der Waals surface area (Å²) in [5.74, 6) is 0.614. The molecule has 0 aromatic carbocycles. The van der Waals surface area contributed by atoms with Crippen molar-refractivity contribution in [3.63, 3.8) is 0 Å². The van der Waals surface area contributed by atoms with E-state index in [0.29, 0.717) is 11.9 Å². The van der Waals surface area contributed by atoms with Gasteiger partial charge in [-0.25, -0.2) is 4.98 Å². The lowest BCUT2D eigenvalue weighted by Gasteiger charge is -2.28. The molecule has 0 aliphatic heterocycles. The van der Waals surface area contributed by atoms with Crippen molar-refractivity contribution in [1.29, 1.82) is 0 Å². The first kappa shape index (κ1) is 13.1. The largest absolute Gasteiger partial charge is 0.354 e. The van der Waals surface area contributed by atoms with Crippen molar-refractivity contribution in [1.82, 2.24) is 4.98 Å². The minimum atomic E-state index is -0.431. The summed E-state index contributed by atoms with van der Waals surface area (Å²) in [7, 11) is 0. The van der Waals surface area contributed by atoms with Gasteiger partial charge in [0.05, 0.1) is 17.1 Å². The SMILES string of the molecule is CCN(c1cc([N+](=O)[O-])cc(Cl)n1)C1CCCC1. The van der Waals surface area contributed by atoms with Crippen molar-refractivity contribution in [2.45, 2.75) is 38.6 Å². The number of anilines is 1. The van der Waals surface area contributed by atoms with Gasteiger partial charge in [0.2, 0.25) is 0 Å². The third-order valence-corrected chi connectivity index (χ3v) is 3.57. The Kier molecular flexibility index (Phi) is 4.01. The topological polar surface area (TPSA) is 59.3 Å². The van der Waals surface area contributed by atoms with E-state index < -0.39 is 4.92 Å². The summed E-state index contributed by atoms with van der Waals surface area (Å²) >= 11 is 5.86. The molecule has 0 spiro atoms. The Morgan fingerprint density at radius 1 is 1.50 bits per heavy atom. The number of aromatic nitrogens is 1. The van der Waals surface area contributed by atoms with Gasteiger partial charge < -0.3 is 4.90 Å². The van der Waals surface area contributed by atoms with Crippen LogP contribution in [0.5, 0.6) is 0 Å². The van der Waals surface area contributed by atoms with E-state index in [2.05, 4.69) is 9.88 Å². The van der Waals surface area contributed by atoms with Gasteiger partial charge in [0.15, 0.2) is 0 Å². The molecule has 1 heterocycles. The molecule has 1 aromatic rings. The van der Waals surface area contributed by atoms with E-state index in [-0.39, 0.29) is 10.8 Å². The highest BCUT2D eigenvalue weighted by atomic mass is 35.5. The molecule has 2 rings (SSSR count). The number of hydrogen-bond acceptors (Lipinski definition) is 4. The molecule has 18 heavy (non-hydrogen) atoms. The molecule has 98 valence electrons. The maximum Gasteiger partial charge on any atom is 0.276 e. The number of hydrogen-bond donors (Lipinski definition) is 0. The summed E-state index contributed by atoms with van der Waals surface area (Å²) in [5, 5.41) is 11.0. The first-order valence-electron chi connectivity index (χ1n) is 6.20. The number of nitro groups is 1. The fraction of sp³-hybridized carbons (Fsp3) is 0.583. The number of halogens is 1. The first-order valence-corrected chi connectivity index (χ1v) is 6.58. The number of pyridine rings is 1. The summed E-state index contributed by atoms with van der Waals surface area (Å²) in [5.41, 5.74) is 0.00134. The maximum absolute atomic E-state index is 10.8. The van der Waals surface area contributed by atoms with E-state index in [9.17, 15) is 10.1 Å². The average Bonchev–Trinajstić information content (AvgIpc) is 2.83. The zero-order chi connectivity index (χ0) is 13.1. The zero-order valence-electron chi connectivity index (χ0n) is 10.3. The lowest BCUT2D eigenvalue weighted by molar-refractivity contribution is -0.384. The van der Waals surface area contributed by atoms with Crippen LogP contribution in [0.2, 0.25) is 5.15 Å². The Bertz CT molecular complexity index is 447. The van der Waals surface area contributed by atoms with E-state index in [0.717, 1.165) is 19.4 Å².